The van der Waals surface area contributed by atoms with Crippen LogP contribution in [0.15, 0.2) is 54.6 Å². The summed E-state index contributed by atoms with van der Waals surface area (Å²) in [6.45, 7) is 4.75. The van der Waals surface area contributed by atoms with Gasteiger partial charge in [0.2, 0.25) is 5.91 Å². The van der Waals surface area contributed by atoms with Gasteiger partial charge in [-0.15, -0.1) is 0 Å². The molecule has 2 aromatic carbocycles. The number of carbonyl (C=O) groups excluding carboxylic acids is 1. The number of likely N-dealkylation sites (tertiary alicyclic amines) is 1. The second-order valence-electron chi connectivity index (χ2n) is 7.60. The zero-order chi connectivity index (χ0) is 19.1. The molecule has 2 aromatic rings. The van der Waals surface area contributed by atoms with E-state index in [2.05, 4.69) is 47.5 Å². The Morgan fingerprint density at radius 3 is 2.70 bits per heavy atom. The number of amides is 1. The summed E-state index contributed by atoms with van der Waals surface area (Å²) in [4.78, 5) is 15.1. The summed E-state index contributed by atoms with van der Waals surface area (Å²) in [6.07, 6.45) is 3.98. The monoisotopic (exact) mass is 384 g/mol. The van der Waals surface area contributed by atoms with E-state index in [9.17, 15) is 4.79 Å². The molecule has 4 heteroatoms. The van der Waals surface area contributed by atoms with Gasteiger partial charge in [0.1, 0.15) is 0 Å². The van der Waals surface area contributed by atoms with E-state index in [1.807, 2.05) is 24.3 Å². The fourth-order valence-corrected chi connectivity index (χ4v) is 3.94. The zero-order valence-electron chi connectivity index (χ0n) is 16.0. The van der Waals surface area contributed by atoms with Crippen LogP contribution in [0.25, 0.3) is 0 Å². The van der Waals surface area contributed by atoms with Gasteiger partial charge in [-0.3, -0.25) is 9.69 Å². The van der Waals surface area contributed by atoms with Crippen LogP contribution in [0.2, 0.25) is 5.02 Å². The number of nitrogens with zero attached hydrogens (tertiary/aromatic N) is 1. The van der Waals surface area contributed by atoms with Crippen LogP contribution in [0.1, 0.15) is 37.3 Å². The van der Waals surface area contributed by atoms with E-state index in [1.54, 1.807) is 0 Å². The number of hydrogen-bond donors (Lipinski definition) is 1. The molecule has 1 aliphatic rings. The Morgan fingerprint density at radius 2 is 1.93 bits per heavy atom. The molecule has 1 saturated heterocycles. The van der Waals surface area contributed by atoms with Gasteiger partial charge in [0, 0.05) is 24.2 Å². The molecule has 3 nitrogen and oxygen atoms in total. The summed E-state index contributed by atoms with van der Waals surface area (Å²) in [6, 6.07) is 18.6. The minimum Gasteiger partial charge on any atom is -0.353 e. The third kappa shape index (κ3) is 6.08. The van der Waals surface area contributed by atoms with E-state index in [0.29, 0.717) is 0 Å². The molecule has 0 bridgehead atoms. The van der Waals surface area contributed by atoms with Crippen molar-refractivity contribution in [1.82, 2.24) is 10.2 Å². The summed E-state index contributed by atoms with van der Waals surface area (Å²) < 4.78 is 0. The second kappa shape index (κ2) is 9.91. The fourth-order valence-electron chi connectivity index (χ4n) is 3.74. The normalized spacial score (nSPS) is 18.8. The van der Waals surface area contributed by atoms with Crippen LogP contribution in [0.4, 0.5) is 0 Å². The van der Waals surface area contributed by atoms with E-state index >= 15 is 0 Å². The van der Waals surface area contributed by atoms with Gasteiger partial charge < -0.3 is 5.32 Å². The summed E-state index contributed by atoms with van der Waals surface area (Å²) in [5, 5.41) is 4.03. The van der Waals surface area contributed by atoms with Gasteiger partial charge >= 0.3 is 0 Å². The molecular formula is C23H29ClN2O. The maximum absolute atomic E-state index is 12.7. The topological polar surface area (TPSA) is 32.3 Å². The highest BCUT2D eigenvalue weighted by Crippen LogP contribution is 2.22. The molecule has 144 valence electrons. The van der Waals surface area contributed by atoms with E-state index in [-0.39, 0.29) is 17.9 Å². The van der Waals surface area contributed by atoms with Gasteiger partial charge in [0.15, 0.2) is 0 Å². The van der Waals surface area contributed by atoms with Crippen LogP contribution in [-0.4, -0.2) is 29.9 Å². The number of aryl methyl sites for hydroxylation is 1. The largest absolute Gasteiger partial charge is 0.353 e. The molecule has 2 unspecified atom stereocenters. The molecule has 1 amide bonds. The lowest BCUT2D eigenvalue weighted by molar-refractivity contribution is -0.127. The van der Waals surface area contributed by atoms with Crippen LogP contribution < -0.4 is 5.32 Å². The van der Waals surface area contributed by atoms with Crippen LogP contribution in [0.5, 0.6) is 0 Å². The molecule has 3 rings (SSSR count). The van der Waals surface area contributed by atoms with Crippen molar-refractivity contribution in [2.45, 2.75) is 45.2 Å². The minimum absolute atomic E-state index is 0.0698. The van der Waals surface area contributed by atoms with E-state index in [4.69, 9.17) is 11.6 Å². The lowest BCUT2D eigenvalue weighted by atomic mass is 9.96. The lowest BCUT2D eigenvalue weighted by Crippen LogP contribution is -2.45. The van der Waals surface area contributed by atoms with Crippen LogP contribution in [0.3, 0.4) is 0 Å². The number of rotatable bonds is 7. The third-order valence-corrected chi connectivity index (χ3v) is 5.69. The van der Waals surface area contributed by atoms with Crippen molar-refractivity contribution in [3.63, 3.8) is 0 Å². The Balaban J connectivity index is 1.47. The Hall–Kier alpha value is -1.84. The van der Waals surface area contributed by atoms with E-state index < -0.39 is 0 Å². The Kier molecular flexibility index (Phi) is 7.31. The Bertz CT molecular complexity index is 734. The molecule has 1 N–H and O–H groups in total. The summed E-state index contributed by atoms with van der Waals surface area (Å²) in [5.41, 5.74) is 2.46. The van der Waals surface area contributed by atoms with Gasteiger partial charge in [0.25, 0.3) is 0 Å². The first-order valence-corrected chi connectivity index (χ1v) is 10.3. The van der Waals surface area contributed by atoms with E-state index in [1.165, 1.54) is 5.56 Å². The van der Waals surface area contributed by atoms with Crippen molar-refractivity contribution in [3.8, 4) is 0 Å². The predicted molar refractivity (Wildman–Crippen MR) is 112 cm³/mol. The number of nitrogens with one attached hydrogen (secondary N) is 1. The van der Waals surface area contributed by atoms with Gasteiger partial charge in [-0.2, -0.15) is 0 Å². The van der Waals surface area contributed by atoms with Crippen molar-refractivity contribution in [2.75, 3.05) is 13.1 Å². The number of benzene rings is 2. The first-order valence-electron chi connectivity index (χ1n) is 9.92. The Labute approximate surface area is 167 Å². The number of halogens is 1. The quantitative estimate of drug-likeness (QED) is 0.751. The smallest absolute Gasteiger partial charge is 0.224 e. The summed E-state index contributed by atoms with van der Waals surface area (Å²) in [5.74, 6) is 0.264. The van der Waals surface area contributed by atoms with Gasteiger partial charge in [0.05, 0.1) is 5.92 Å². The van der Waals surface area contributed by atoms with Gasteiger partial charge in [-0.05, 0) is 56.3 Å². The molecule has 27 heavy (non-hydrogen) atoms. The van der Waals surface area contributed by atoms with Crippen LogP contribution in [-0.2, 0) is 17.8 Å². The molecule has 0 aliphatic carbocycles. The molecule has 1 aliphatic heterocycles. The highest BCUT2D eigenvalue weighted by molar-refractivity contribution is 6.31. The first kappa shape index (κ1) is 19.9. The molecule has 0 spiro atoms. The van der Waals surface area contributed by atoms with Crippen molar-refractivity contribution >= 4 is 17.5 Å². The molecule has 1 heterocycles. The van der Waals surface area contributed by atoms with Crippen molar-refractivity contribution in [1.29, 1.82) is 0 Å². The van der Waals surface area contributed by atoms with Crippen LogP contribution in [0, 0.1) is 5.92 Å². The number of piperidine rings is 1. The highest BCUT2D eigenvalue weighted by Gasteiger charge is 2.26. The van der Waals surface area contributed by atoms with E-state index in [0.717, 1.165) is 55.9 Å². The average Bonchev–Trinajstić information content (AvgIpc) is 2.69. The van der Waals surface area contributed by atoms with Crippen molar-refractivity contribution in [3.05, 3.63) is 70.7 Å². The van der Waals surface area contributed by atoms with Crippen molar-refractivity contribution in [2.24, 2.45) is 5.92 Å². The lowest BCUT2D eigenvalue weighted by Gasteiger charge is -2.32. The van der Waals surface area contributed by atoms with Crippen LogP contribution >= 0.6 is 11.6 Å². The van der Waals surface area contributed by atoms with Gasteiger partial charge in [-0.1, -0.05) is 60.1 Å². The third-order valence-electron chi connectivity index (χ3n) is 5.33. The molecule has 0 aromatic heterocycles. The average molecular weight is 385 g/mol. The van der Waals surface area contributed by atoms with Gasteiger partial charge in [-0.25, -0.2) is 0 Å². The molecule has 0 saturated carbocycles. The molecule has 1 fully saturated rings. The SMILES string of the molecule is CC(CCc1ccccc1)NC(=O)C1CCCN(Cc2ccccc2Cl)C1. The summed E-state index contributed by atoms with van der Waals surface area (Å²) >= 11 is 6.29. The molecule has 2 atom stereocenters. The molecular weight excluding hydrogens is 356 g/mol. The number of hydrogen-bond acceptors (Lipinski definition) is 2. The fraction of sp³-hybridized carbons (Fsp3) is 0.435. The maximum atomic E-state index is 12.7. The summed E-state index contributed by atoms with van der Waals surface area (Å²) in [7, 11) is 0. The second-order valence-corrected chi connectivity index (χ2v) is 8.01. The first-order chi connectivity index (χ1) is 13.1. The zero-order valence-corrected chi connectivity index (χ0v) is 16.8. The minimum atomic E-state index is 0.0698. The predicted octanol–water partition coefficient (Wildman–Crippen LogP) is 4.69. The highest BCUT2D eigenvalue weighted by atomic mass is 35.5. The maximum Gasteiger partial charge on any atom is 0.224 e. The molecule has 0 radical (unpaired) electrons. The Morgan fingerprint density at radius 1 is 1.19 bits per heavy atom. The number of carbonyl (C=O) groups is 1. The standard InChI is InChI=1S/C23H29ClN2O/c1-18(13-14-19-8-3-2-4-9-19)25-23(27)21-11-7-15-26(17-21)16-20-10-5-6-12-22(20)24/h2-6,8-10,12,18,21H,7,11,13-17H2,1H3,(H,25,27). The van der Waals surface area contributed by atoms with Crippen molar-refractivity contribution < 1.29 is 4.79 Å².